The monoisotopic (exact) mass is 423 g/mol. The molecule has 0 saturated heterocycles. The van der Waals surface area contributed by atoms with Gasteiger partial charge in [-0.2, -0.15) is 0 Å². The van der Waals surface area contributed by atoms with E-state index < -0.39 is 10.0 Å². The van der Waals surface area contributed by atoms with Crippen molar-refractivity contribution < 1.29 is 17.9 Å². The van der Waals surface area contributed by atoms with Crippen molar-refractivity contribution in [2.24, 2.45) is 0 Å². The second-order valence-corrected chi connectivity index (χ2v) is 9.00. The molecule has 5 nitrogen and oxygen atoms in total. The molecule has 1 N–H and O–H groups in total. The maximum Gasteiger partial charge on any atom is 0.242 e. The molecule has 0 aliphatic heterocycles. The van der Waals surface area contributed by atoms with Crippen molar-refractivity contribution in [3.05, 3.63) is 38.5 Å². The number of thiophene rings is 1. The molecule has 0 bridgehead atoms. The first-order chi connectivity index (χ1) is 11.9. The zero-order valence-corrected chi connectivity index (χ0v) is 17.0. The fourth-order valence-corrected chi connectivity index (χ4v) is 5.35. The molecule has 0 spiro atoms. The Hall–Kier alpha value is -0.990. The highest BCUT2D eigenvalue weighted by Crippen LogP contribution is 2.34. The molecule has 2 aromatic rings. The van der Waals surface area contributed by atoms with Crippen molar-refractivity contribution in [1.29, 1.82) is 0 Å². The first kappa shape index (κ1) is 20.3. The summed E-state index contributed by atoms with van der Waals surface area (Å²) < 4.78 is 38.6. The molecule has 138 valence electrons. The van der Waals surface area contributed by atoms with Crippen LogP contribution in [-0.4, -0.2) is 28.2 Å². The predicted octanol–water partition coefficient (Wildman–Crippen LogP) is 4.37. The number of rotatable bonds is 9. The average Bonchev–Trinajstić information content (AvgIpc) is 2.89. The van der Waals surface area contributed by atoms with E-state index in [4.69, 9.17) is 32.7 Å². The summed E-state index contributed by atoms with van der Waals surface area (Å²) in [7, 11) is -3.69. The van der Waals surface area contributed by atoms with Gasteiger partial charge in [0.2, 0.25) is 10.0 Å². The van der Waals surface area contributed by atoms with Gasteiger partial charge in [-0.25, -0.2) is 13.1 Å². The lowest BCUT2D eigenvalue weighted by Crippen LogP contribution is -2.25. The number of hydrogen-bond donors (Lipinski definition) is 1. The summed E-state index contributed by atoms with van der Waals surface area (Å²) in [5.74, 6) is 1.32. The van der Waals surface area contributed by atoms with Gasteiger partial charge < -0.3 is 9.47 Å². The van der Waals surface area contributed by atoms with Crippen LogP contribution >= 0.6 is 34.5 Å². The van der Waals surface area contributed by atoms with E-state index >= 15 is 0 Å². The fraction of sp³-hybridized carbons (Fsp3) is 0.375. The molecular formula is C16H19Cl2NO4S2. The van der Waals surface area contributed by atoms with E-state index in [1.807, 2.05) is 32.0 Å². The van der Waals surface area contributed by atoms with Gasteiger partial charge in [0.1, 0.15) is 9.23 Å². The van der Waals surface area contributed by atoms with Gasteiger partial charge in [-0.1, -0.05) is 29.3 Å². The van der Waals surface area contributed by atoms with Crippen LogP contribution in [0.4, 0.5) is 0 Å². The van der Waals surface area contributed by atoms with Crippen molar-refractivity contribution in [2.45, 2.75) is 25.2 Å². The van der Waals surface area contributed by atoms with Crippen molar-refractivity contribution in [3.63, 3.8) is 0 Å². The molecule has 2 rings (SSSR count). The molecule has 0 aliphatic rings. The Bertz CT molecular complexity index is 822. The van der Waals surface area contributed by atoms with E-state index in [1.54, 1.807) is 0 Å². The van der Waals surface area contributed by atoms with Crippen molar-refractivity contribution in [3.8, 4) is 11.5 Å². The number of halogens is 2. The highest BCUT2D eigenvalue weighted by atomic mass is 35.5. The SMILES string of the molecule is CCOc1ccc(CCNS(=O)(=O)c2cc(Cl)sc2Cl)cc1OCC. The van der Waals surface area contributed by atoms with Crippen molar-refractivity contribution in [1.82, 2.24) is 4.72 Å². The molecule has 1 heterocycles. The third kappa shape index (κ3) is 5.49. The summed E-state index contributed by atoms with van der Waals surface area (Å²) in [6.07, 6.45) is 0.501. The van der Waals surface area contributed by atoms with Gasteiger partial charge in [-0.3, -0.25) is 0 Å². The lowest BCUT2D eigenvalue weighted by atomic mass is 10.1. The third-order valence-electron chi connectivity index (χ3n) is 3.23. The smallest absolute Gasteiger partial charge is 0.242 e. The van der Waals surface area contributed by atoms with Crippen LogP contribution in [0, 0.1) is 0 Å². The Balaban J connectivity index is 2.03. The van der Waals surface area contributed by atoms with Gasteiger partial charge in [0.15, 0.2) is 11.5 Å². The van der Waals surface area contributed by atoms with E-state index in [0.29, 0.717) is 35.5 Å². The van der Waals surface area contributed by atoms with Crippen LogP contribution in [0.2, 0.25) is 8.67 Å². The average molecular weight is 424 g/mol. The fourth-order valence-electron chi connectivity index (χ4n) is 2.17. The quantitative estimate of drug-likeness (QED) is 0.649. The molecule has 0 aliphatic carbocycles. The Morgan fingerprint density at radius 1 is 1.08 bits per heavy atom. The normalized spacial score (nSPS) is 11.5. The maximum atomic E-state index is 12.3. The van der Waals surface area contributed by atoms with Crippen LogP contribution in [0.3, 0.4) is 0 Å². The number of ether oxygens (including phenoxy) is 2. The molecule has 0 fully saturated rings. The van der Waals surface area contributed by atoms with Gasteiger partial charge in [0.05, 0.1) is 17.6 Å². The first-order valence-electron chi connectivity index (χ1n) is 7.70. The molecule has 25 heavy (non-hydrogen) atoms. The van der Waals surface area contributed by atoms with Crippen LogP contribution in [0.15, 0.2) is 29.2 Å². The summed E-state index contributed by atoms with van der Waals surface area (Å²) in [4.78, 5) is 0.00543. The summed E-state index contributed by atoms with van der Waals surface area (Å²) in [6.45, 7) is 5.09. The maximum absolute atomic E-state index is 12.3. The molecule has 0 unspecified atom stereocenters. The largest absolute Gasteiger partial charge is 0.490 e. The van der Waals surface area contributed by atoms with Gasteiger partial charge in [-0.15, -0.1) is 11.3 Å². The predicted molar refractivity (Wildman–Crippen MR) is 102 cm³/mol. The minimum Gasteiger partial charge on any atom is -0.490 e. The molecule has 9 heteroatoms. The van der Waals surface area contributed by atoms with E-state index in [1.165, 1.54) is 6.07 Å². The van der Waals surface area contributed by atoms with Gasteiger partial charge in [0, 0.05) is 6.54 Å². The molecule has 0 radical (unpaired) electrons. The van der Waals surface area contributed by atoms with E-state index in [0.717, 1.165) is 16.9 Å². The van der Waals surface area contributed by atoms with E-state index in [9.17, 15) is 8.42 Å². The molecule has 0 saturated carbocycles. The topological polar surface area (TPSA) is 64.6 Å². The lowest BCUT2D eigenvalue weighted by molar-refractivity contribution is 0.287. The van der Waals surface area contributed by atoms with Crippen molar-refractivity contribution in [2.75, 3.05) is 19.8 Å². The van der Waals surface area contributed by atoms with Crippen LogP contribution < -0.4 is 14.2 Å². The minimum absolute atomic E-state index is 0.00543. The van der Waals surface area contributed by atoms with Crippen LogP contribution in [0.1, 0.15) is 19.4 Å². The van der Waals surface area contributed by atoms with Gasteiger partial charge >= 0.3 is 0 Å². The number of sulfonamides is 1. The summed E-state index contributed by atoms with van der Waals surface area (Å²) >= 11 is 12.7. The standard InChI is InChI=1S/C16H19Cl2NO4S2/c1-3-22-12-6-5-11(9-13(12)23-4-2)7-8-19-25(20,21)14-10-15(17)24-16(14)18/h5-6,9-10,19H,3-4,7-8H2,1-2H3. The van der Waals surface area contributed by atoms with Gasteiger partial charge in [0.25, 0.3) is 0 Å². The second-order valence-electron chi connectivity index (χ2n) is 4.98. The van der Waals surface area contributed by atoms with E-state index in [2.05, 4.69) is 4.72 Å². The zero-order valence-electron chi connectivity index (χ0n) is 13.8. The van der Waals surface area contributed by atoms with Crippen LogP contribution in [-0.2, 0) is 16.4 Å². The summed E-state index contributed by atoms with van der Waals surface area (Å²) in [5.41, 5.74) is 0.934. The lowest BCUT2D eigenvalue weighted by Gasteiger charge is -2.12. The zero-order chi connectivity index (χ0) is 18.4. The number of nitrogens with one attached hydrogen (secondary N) is 1. The molecule has 1 aromatic carbocycles. The summed E-state index contributed by atoms with van der Waals surface area (Å²) in [5, 5.41) is 0. The molecule has 1 aromatic heterocycles. The molecular weight excluding hydrogens is 405 g/mol. The second kappa shape index (κ2) is 9.09. The number of hydrogen-bond acceptors (Lipinski definition) is 5. The highest BCUT2D eigenvalue weighted by Gasteiger charge is 2.20. The number of benzene rings is 1. The first-order valence-corrected chi connectivity index (χ1v) is 10.8. The van der Waals surface area contributed by atoms with Crippen LogP contribution in [0.5, 0.6) is 11.5 Å². The highest BCUT2D eigenvalue weighted by molar-refractivity contribution is 7.89. The molecule has 0 amide bonds. The van der Waals surface area contributed by atoms with E-state index in [-0.39, 0.29) is 15.8 Å². The van der Waals surface area contributed by atoms with Crippen molar-refractivity contribution >= 4 is 44.6 Å². The minimum atomic E-state index is -3.69. The Kier molecular flexibility index (Phi) is 7.39. The van der Waals surface area contributed by atoms with Crippen LogP contribution in [0.25, 0.3) is 0 Å². The summed E-state index contributed by atoms with van der Waals surface area (Å²) in [6, 6.07) is 6.92. The Morgan fingerprint density at radius 2 is 1.76 bits per heavy atom. The Morgan fingerprint density at radius 3 is 2.36 bits per heavy atom. The third-order valence-corrected chi connectivity index (χ3v) is 6.44. The van der Waals surface area contributed by atoms with Gasteiger partial charge in [-0.05, 0) is 44.0 Å². The molecule has 0 atom stereocenters. The Labute approximate surface area is 161 Å².